The number of hydrogen-bond acceptors (Lipinski definition) is 5. The van der Waals surface area contributed by atoms with Crippen molar-refractivity contribution < 1.29 is 0 Å². The van der Waals surface area contributed by atoms with Crippen LogP contribution in [0.4, 0.5) is 5.95 Å². The van der Waals surface area contributed by atoms with Crippen molar-refractivity contribution in [2.45, 2.75) is 38.4 Å². The molecule has 3 heterocycles. The van der Waals surface area contributed by atoms with Crippen molar-refractivity contribution in [1.82, 2.24) is 19.9 Å². The van der Waals surface area contributed by atoms with Crippen molar-refractivity contribution in [3.63, 3.8) is 0 Å². The lowest BCUT2D eigenvalue weighted by atomic mass is 10.5. The average molecular weight is 273 g/mol. The third-order valence-corrected chi connectivity index (χ3v) is 9.85. The van der Waals surface area contributed by atoms with E-state index in [1.165, 1.54) is 24.6 Å². The van der Waals surface area contributed by atoms with Crippen molar-refractivity contribution in [2.75, 3.05) is 11.1 Å². The van der Waals surface area contributed by atoms with E-state index in [-0.39, 0.29) is 0 Å². The molecule has 0 spiro atoms. The molecule has 5 nitrogen and oxygen atoms in total. The van der Waals surface area contributed by atoms with Gasteiger partial charge in [-0.3, -0.25) is 0 Å². The van der Waals surface area contributed by atoms with Crippen LogP contribution in [-0.2, 0) is 0 Å². The van der Waals surface area contributed by atoms with E-state index in [2.05, 4.69) is 38.3 Å². The first-order valence-corrected chi connectivity index (χ1v) is 9.57. The molecule has 1 fully saturated rings. The van der Waals surface area contributed by atoms with Gasteiger partial charge in [0.2, 0.25) is 5.95 Å². The van der Waals surface area contributed by atoms with Gasteiger partial charge in [0.05, 0.1) is 6.20 Å². The maximum Gasteiger partial charge on any atom is 0.219 e. The number of anilines is 1. The quantitative estimate of drug-likeness (QED) is 0.805. The number of fused-ring (bicyclic) bond motifs is 1. The van der Waals surface area contributed by atoms with Crippen molar-refractivity contribution in [3.05, 3.63) is 18.6 Å². The summed E-state index contributed by atoms with van der Waals surface area (Å²) in [5.41, 5.74) is 1.47. The van der Waals surface area contributed by atoms with Crippen LogP contribution in [0, 0.1) is 0 Å². The summed E-state index contributed by atoms with van der Waals surface area (Å²) in [6.45, 7) is 5.73. The smallest absolute Gasteiger partial charge is 0.219 e. The topological polar surface area (TPSA) is 54.8 Å². The number of nitrogens with zero attached hydrogens (tertiary/aromatic N) is 5. The maximum absolute atomic E-state index is 4.62. The van der Waals surface area contributed by atoms with E-state index >= 15 is 0 Å². The monoisotopic (exact) mass is 273 g/mol. The molecule has 0 amide bonds. The molecule has 19 heavy (non-hydrogen) atoms. The third-order valence-electron chi connectivity index (χ3n) is 4.37. The first-order chi connectivity index (χ1) is 9.29. The van der Waals surface area contributed by atoms with Gasteiger partial charge in [-0.05, 0) is 24.6 Å². The van der Waals surface area contributed by atoms with Crippen LogP contribution in [-0.4, -0.2) is 34.7 Å². The molecule has 0 bridgehead atoms. The Hall–Kier alpha value is -1.56. The summed E-state index contributed by atoms with van der Waals surface area (Å²) in [7, 11) is -1.38. The number of aromatic nitrogens is 4. The highest BCUT2D eigenvalue weighted by Gasteiger charge is 2.41. The van der Waals surface area contributed by atoms with Crippen LogP contribution in [0.5, 0.6) is 0 Å². The fraction of sp³-hybridized carbons (Fsp3) is 0.538. The molecule has 0 aromatic carbocycles. The Labute approximate surface area is 114 Å². The Kier molecular flexibility index (Phi) is 3.18. The van der Waals surface area contributed by atoms with Crippen LogP contribution in [0.2, 0.25) is 18.1 Å². The molecule has 1 aliphatic heterocycles. The normalized spacial score (nSPS) is 18.1. The summed E-state index contributed by atoms with van der Waals surface area (Å²) < 4.78 is 2.50. The van der Waals surface area contributed by atoms with Crippen LogP contribution >= 0.6 is 0 Å². The highest BCUT2D eigenvalue weighted by atomic mass is 28.3. The van der Waals surface area contributed by atoms with E-state index < -0.39 is 8.24 Å². The van der Waals surface area contributed by atoms with Gasteiger partial charge in [-0.2, -0.15) is 4.98 Å². The Morgan fingerprint density at radius 2 is 1.95 bits per heavy atom. The van der Waals surface area contributed by atoms with Crippen molar-refractivity contribution >= 4 is 25.3 Å². The first-order valence-electron chi connectivity index (χ1n) is 7.00. The summed E-state index contributed by atoms with van der Waals surface area (Å²) in [5.74, 6) is 0.862. The zero-order valence-corrected chi connectivity index (χ0v) is 12.5. The van der Waals surface area contributed by atoms with E-state index in [1.54, 1.807) is 18.6 Å². The molecular weight excluding hydrogens is 254 g/mol. The minimum absolute atomic E-state index is 0.703. The average Bonchev–Trinajstić information content (AvgIpc) is 2.91. The Balaban J connectivity index is 2.03. The molecule has 0 atom stereocenters. The van der Waals surface area contributed by atoms with Gasteiger partial charge in [-0.1, -0.05) is 13.8 Å². The fourth-order valence-corrected chi connectivity index (χ4v) is 7.35. The Morgan fingerprint density at radius 3 is 2.74 bits per heavy atom. The van der Waals surface area contributed by atoms with Gasteiger partial charge in [0.15, 0.2) is 13.9 Å². The highest BCUT2D eigenvalue weighted by Crippen LogP contribution is 2.35. The van der Waals surface area contributed by atoms with Crippen LogP contribution < -0.4 is 4.57 Å². The van der Waals surface area contributed by atoms with Crippen LogP contribution in [0.15, 0.2) is 18.6 Å². The molecule has 2 aromatic rings. The summed E-state index contributed by atoms with van der Waals surface area (Å²) in [6.07, 6.45) is 6.44. The summed E-state index contributed by atoms with van der Waals surface area (Å²) in [4.78, 5) is 17.7. The van der Waals surface area contributed by atoms with Gasteiger partial charge in [-0.25, -0.2) is 15.0 Å². The first kappa shape index (κ1) is 12.5. The molecule has 0 saturated carbocycles. The second-order valence-corrected chi connectivity index (χ2v) is 10.0. The lowest BCUT2D eigenvalue weighted by Gasteiger charge is -2.35. The molecule has 1 saturated heterocycles. The SMILES string of the molecule is CC[Si]1(CC)CCCN1c1ncc2nccnc2n1. The van der Waals surface area contributed by atoms with Gasteiger partial charge in [0.25, 0.3) is 0 Å². The minimum atomic E-state index is -1.38. The van der Waals surface area contributed by atoms with Crippen LogP contribution in [0.1, 0.15) is 20.3 Å². The van der Waals surface area contributed by atoms with E-state index in [1.807, 2.05) is 0 Å². The summed E-state index contributed by atoms with van der Waals surface area (Å²) >= 11 is 0. The van der Waals surface area contributed by atoms with Crippen molar-refractivity contribution in [1.29, 1.82) is 0 Å². The second-order valence-electron chi connectivity index (χ2n) is 5.12. The molecule has 0 unspecified atom stereocenters. The molecule has 2 aromatic heterocycles. The molecule has 3 rings (SSSR count). The fourth-order valence-electron chi connectivity index (χ4n) is 3.13. The zero-order valence-electron chi connectivity index (χ0n) is 11.5. The zero-order chi connectivity index (χ0) is 13.3. The standard InChI is InChI=1S/C13H19N5Si/c1-3-19(4-2)9-5-8-18(19)13-16-10-11-12(17-13)15-7-6-14-11/h6-7,10H,3-5,8-9H2,1-2H3. The predicted octanol–water partition coefficient (Wildman–Crippen LogP) is 2.62. The molecule has 0 aliphatic carbocycles. The number of hydrogen-bond donors (Lipinski definition) is 0. The lowest BCUT2D eigenvalue weighted by Crippen LogP contribution is -2.48. The predicted molar refractivity (Wildman–Crippen MR) is 78.6 cm³/mol. The van der Waals surface area contributed by atoms with E-state index in [9.17, 15) is 0 Å². The van der Waals surface area contributed by atoms with Gasteiger partial charge in [-0.15, -0.1) is 0 Å². The minimum Gasteiger partial charge on any atom is -0.367 e. The summed E-state index contributed by atoms with van der Waals surface area (Å²) in [6, 6.07) is 3.90. The molecule has 6 heteroatoms. The number of rotatable bonds is 3. The Morgan fingerprint density at radius 1 is 1.16 bits per heavy atom. The van der Waals surface area contributed by atoms with Gasteiger partial charge in [0.1, 0.15) is 5.52 Å². The van der Waals surface area contributed by atoms with Gasteiger partial charge in [0, 0.05) is 18.9 Å². The Bertz CT molecular complexity index is 584. The van der Waals surface area contributed by atoms with Crippen LogP contribution in [0.25, 0.3) is 11.2 Å². The summed E-state index contributed by atoms with van der Waals surface area (Å²) in [5, 5.41) is 0. The van der Waals surface area contributed by atoms with Crippen molar-refractivity contribution in [2.24, 2.45) is 0 Å². The largest absolute Gasteiger partial charge is 0.367 e. The third kappa shape index (κ3) is 2.00. The molecule has 1 aliphatic rings. The van der Waals surface area contributed by atoms with Gasteiger partial charge < -0.3 is 4.57 Å². The molecule has 100 valence electrons. The maximum atomic E-state index is 4.62. The second kappa shape index (κ2) is 4.84. The van der Waals surface area contributed by atoms with Crippen molar-refractivity contribution in [3.8, 4) is 0 Å². The van der Waals surface area contributed by atoms with Crippen LogP contribution in [0.3, 0.4) is 0 Å². The molecular formula is C13H19N5Si. The highest BCUT2D eigenvalue weighted by molar-refractivity contribution is 6.83. The lowest BCUT2D eigenvalue weighted by molar-refractivity contribution is 0.941. The molecule has 0 radical (unpaired) electrons. The van der Waals surface area contributed by atoms with E-state index in [0.29, 0.717) is 5.65 Å². The van der Waals surface area contributed by atoms with E-state index in [0.717, 1.165) is 18.0 Å². The molecule has 0 N–H and O–H groups in total. The van der Waals surface area contributed by atoms with Gasteiger partial charge >= 0.3 is 0 Å². The van der Waals surface area contributed by atoms with E-state index in [4.69, 9.17) is 0 Å².